The molecule has 4 rings (SSSR count). The summed E-state index contributed by atoms with van der Waals surface area (Å²) in [6, 6.07) is 12.5. The number of fused-ring (bicyclic) bond motifs is 1. The number of rotatable bonds is 3. The summed E-state index contributed by atoms with van der Waals surface area (Å²) in [7, 11) is 0. The number of carbonyl (C=O) groups is 2. The van der Waals surface area contributed by atoms with E-state index in [4.69, 9.17) is 11.6 Å². The van der Waals surface area contributed by atoms with E-state index in [-0.39, 0.29) is 17.9 Å². The largest absolute Gasteiger partial charge is 0.338 e. The molecule has 0 radical (unpaired) electrons. The van der Waals surface area contributed by atoms with Crippen LogP contribution in [0.15, 0.2) is 42.5 Å². The van der Waals surface area contributed by atoms with Crippen molar-refractivity contribution in [2.24, 2.45) is 5.92 Å². The molecule has 2 aromatic rings. The Morgan fingerprint density at radius 3 is 2.38 bits per heavy atom. The number of hydrogen-bond acceptors (Lipinski definition) is 2. The summed E-state index contributed by atoms with van der Waals surface area (Å²) >= 11 is 5.85. The van der Waals surface area contributed by atoms with Gasteiger partial charge in [-0.2, -0.15) is 0 Å². The summed E-state index contributed by atoms with van der Waals surface area (Å²) in [6.07, 6.45) is 2.91. The molecule has 0 unspecified atom stereocenters. The molecule has 2 aromatic carbocycles. The van der Waals surface area contributed by atoms with Crippen molar-refractivity contribution in [3.8, 4) is 0 Å². The van der Waals surface area contributed by atoms with Gasteiger partial charge in [0.2, 0.25) is 5.91 Å². The van der Waals surface area contributed by atoms with Crippen LogP contribution in [0.4, 0.5) is 16.2 Å². The van der Waals surface area contributed by atoms with E-state index in [1.807, 2.05) is 23.1 Å². The lowest BCUT2D eigenvalue weighted by Gasteiger charge is -2.29. The molecule has 1 aliphatic carbocycles. The van der Waals surface area contributed by atoms with Crippen LogP contribution in [0.5, 0.6) is 0 Å². The maximum absolute atomic E-state index is 12.3. The third-order valence-electron chi connectivity index (χ3n) is 4.82. The van der Waals surface area contributed by atoms with Crippen LogP contribution >= 0.6 is 11.6 Å². The average molecular weight is 370 g/mol. The van der Waals surface area contributed by atoms with Gasteiger partial charge in [0.05, 0.1) is 0 Å². The number of nitrogens with zero attached hydrogens (tertiary/aromatic N) is 1. The Kier molecular flexibility index (Phi) is 4.55. The molecule has 0 aromatic heterocycles. The van der Waals surface area contributed by atoms with Gasteiger partial charge in [-0.3, -0.25) is 4.79 Å². The summed E-state index contributed by atoms with van der Waals surface area (Å²) in [6.45, 7) is 1.41. The zero-order chi connectivity index (χ0) is 18.1. The minimum absolute atomic E-state index is 0.239. The first kappa shape index (κ1) is 16.9. The predicted octanol–water partition coefficient (Wildman–Crippen LogP) is 4.28. The molecule has 0 bridgehead atoms. The Morgan fingerprint density at radius 2 is 1.65 bits per heavy atom. The Morgan fingerprint density at radius 1 is 0.962 bits per heavy atom. The summed E-state index contributed by atoms with van der Waals surface area (Å²) in [5.41, 5.74) is 3.74. The van der Waals surface area contributed by atoms with Gasteiger partial charge in [-0.15, -0.1) is 0 Å². The lowest BCUT2D eigenvalue weighted by Crippen LogP contribution is -2.36. The Labute approximate surface area is 157 Å². The summed E-state index contributed by atoms with van der Waals surface area (Å²) in [4.78, 5) is 26.4. The fourth-order valence-corrected chi connectivity index (χ4v) is 3.36. The molecule has 134 valence electrons. The molecular formula is C20H20ClN3O2. The van der Waals surface area contributed by atoms with Crippen LogP contribution in [-0.4, -0.2) is 23.4 Å². The van der Waals surface area contributed by atoms with Crippen molar-refractivity contribution >= 4 is 34.9 Å². The number of anilines is 2. The quantitative estimate of drug-likeness (QED) is 0.848. The topological polar surface area (TPSA) is 61.4 Å². The Bertz CT molecular complexity index is 847. The fraction of sp³-hybridized carbons (Fsp3) is 0.300. The third-order valence-corrected chi connectivity index (χ3v) is 5.07. The summed E-state index contributed by atoms with van der Waals surface area (Å²) in [5.74, 6) is 0.512. The zero-order valence-corrected chi connectivity index (χ0v) is 15.1. The Hall–Kier alpha value is -2.53. The summed E-state index contributed by atoms with van der Waals surface area (Å²) < 4.78 is 0. The number of urea groups is 1. The third kappa shape index (κ3) is 3.83. The molecule has 0 atom stereocenters. The van der Waals surface area contributed by atoms with Crippen LogP contribution in [0.3, 0.4) is 0 Å². The highest BCUT2D eigenvalue weighted by atomic mass is 35.5. The molecule has 5 nitrogen and oxygen atoms in total. The van der Waals surface area contributed by atoms with Gasteiger partial charge in [0.15, 0.2) is 0 Å². The highest BCUT2D eigenvalue weighted by Gasteiger charge is 2.34. The lowest BCUT2D eigenvalue weighted by molar-refractivity contribution is -0.133. The second-order valence-electron chi connectivity index (χ2n) is 6.85. The molecular weight excluding hydrogens is 350 g/mol. The second kappa shape index (κ2) is 7.00. The van der Waals surface area contributed by atoms with E-state index in [0.717, 1.165) is 37.1 Å². The normalized spacial score (nSPS) is 16.0. The van der Waals surface area contributed by atoms with Crippen molar-refractivity contribution in [2.75, 3.05) is 17.2 Å². The number of hydrogen-bond donors (Lipinski definition) is 2. The first-order valence-corrected chi connectivity index (χ1v) is 9.20. The first-order valence-electron chi connectivity index (χ1n) is 8.82. The lowest BCUT2D eigenvalue weighted by atomic mass is 9.98. The van der Waals surface area contributed by atoms with Crippen LogP contribution < -0.4 is 10.6 Å². The van der Waals surface area contributed by atoms with Crippen molar-refractivity contribution in [2.45, 2.75) is 25.8 Å². The van der Waals surface area contributed by atoms with Crippen molar-refractivity contribution in [1.29, 1.82) is 0 Å². The van der Waals surface area contributed by atoms with Gasteiger partial charge in [0, 0.05) is 35.4 Å². The van der Waals surface area contributed by atoms with Gasteiger partial charge >= 0.3 is 6.03 Å². The van der Waals surface area contributed by atoms with Crippen LogP contribution in [0.25, 0.3) is 0 Å². The smallest absolute Gasteiger partial charge is 0.323 e. The van der Waals surface area contributed by atoms with Crippen molar-refractivity contribution < 1.29 is 9.59 Å². The monoisotopic (exact) mass is 369 g/mol. The number of benzene rings is 2. The maximum atomic E-state index is 12.3. The average Bonchev–Trinajstić information content (AvgIpc) is 3.47. The molecule has 3 amide bonds. The second-order valence-corrected chi connectivity index (χ2v) is 7.29. The minimum Gasteiger partial charge on any atom is -0.338 e. The highest BCUT2D eigenvalue weighted by molar-refractivity contribution is 6.30. The number of amides is 3. The highest BCUT2D eigenvalue weighted by Crippen LogP contribution is 2.33. The SMILES string of the molecule is O=C(Nc1ccc(Cl)cc1)Nc1ccc2c(c1)CN(C(=O)C1CC1)CC2. The summed E-state index contributed by atoms with van der Waals surface area (Å²) in [5, 5.41) is 6.24. The maximum Gasteiger partial charge on any atom is 0.323 e. The molecule has 2 N–H and O–H groups in total. The van der Waals surface area contributed by atoms with Gasteiger partial charge in [-0.1, -0.05) is 17.7 Å². The molecule has 2 aliphatic rings. The first-order chi connectivity index (χ1) is 12.6. The van der Waals surface area contributed by atoms with Gasteiger partial charge in [-0.25, -0.2) is 4.79 Å². The van der Waals surface area contributed by atoms with Crippen molar-refractivity contribution in [3.05, 3.63) is 58.6 Å². The number of halogens is 1. The van der Waals surface area contributed by atoms with E-state index in [1.165, 1.54) is 5.56 Å². The standard InChI is InChI=1S/C20H20ClN3O2/c21-16-4-7-17(8-5-16)22-20(26)23-18-6-3-13-9-10-24(12-15(13)11-18)19(25)14-1-2-14/h3-8,11,14H,1-2,9-10,12H2,(H2,22,23,26). The van der Waals surface area contributed by atoms with Gasteiger partial charge in [0.1, 0.15) is 0 Å². The van der Waals surface area contributed by atoms with E-state index < -0.39 is 0 Å². The van der Waals surface area contributed by atoms with Gasteiger partial charge < -0.3 is 15.5 Å². The molecule has 26 heavy (non-hydrogen) atoms. The van der Waals surface area contributed by atoms with Crippen molar-refractivity contribution in [1.82, 2.24) is 4.90 Å². The zero-order valence-electron chi connectivity index (χ0n) is 14.3. The van der Waals surface area contributed by atoms with Gasteiger partial charge in [-0.05, 0) is 66.8 Å². The fourth-order valence-electron chi connectivity index (χ4n) is 3.24. The Balaban J connectivity index is 1.41. The molecule has 1 heterocycles. The van der Waals surface area contributed by atoms with Crippen LogP contribution in [-0.2, 0) is 17.8 Å². The molecule has 0 saturated heterocycles. The number of nitrogens with one attached hydrogen (secondary N) is 2. The van der Waals surface area contributed by atoms with Crippen LogP contribution in [0, 0.1) is 5.92 Å². The molecule has 1 fully saturated rings. The van der Waals surface area contributed by atoms with Crippen molar-refractivity contribution in [3.63, 3.8) is 0 Å². The number of carbonyl (C=O) groups excluding carboxylic acids is 2. The van der Waals surface area contributed by atoms with E-state index in [2.05, 4.69) is 10.6 Å². The van der Waals surface area contributed by atoms with Crippen LogP contribution in [0.1, 0.15) is 24.0 Å². The van der Waals surface area contributed by atoms with Gasteiger partial charge in [0.25, 0.3) is 0 Å². The predicted molar refractivity (Wildman–Crippen MR) is 102 cm³/mol. The van der Waals surface area contributed by atoms with Crippen LogP contribution in [0.2, 0.25) is 5.02 Å². The molecule has 1 saturated carbocycles. The molecule has 1 aliphatic heterocycles. The van der Waals surface area contributed by atoms with E-state index >= 15 is 0 Å². The minimum atomic E-state index is -0.311. The van der Waals surface area contributed by atoms with E-state index in [1.54, 1.807) is 24.3 Å². The molecule has 6 heteroatoms. The molecule has 0 spiro atoms. The van der Waals surface area contributed by atoms with E-state index in [0.29, 0.717) is 17.3 Å². The van der Waals surface area contributed by atoms with E-state index in [9.17, 15) is 9.59 Å².